The topological polar surface area (TPSA) is 71.8 Å². The van der Waals surface area contributed by atoms with E-state index in [4.69, 9.17) is 5.73 Å². The second kappa shape index (κ2) is 7.47. The van der Waals surface area contributed by atoms with E-state index in [-0.39, 0.29) is 0 Å². The van der Waals surface area contributed by atoms with Gasteiger partial charge in [0.2, 0.25) is 5.91 Å². The number of primary amides is 1. The first-order valence-corrected chi connectivity index (χ1v) is 9.96. The molecule has 0 fully saturated rings. The molecule has 0 spiro atoms. The number of nitrogens with two attached hydrogens (primary N) is 1. The van der Waals surface area contributed by atoms with Crippen LogP contribution in [0.2, 0.25) is 0 Å². The molecule has 1 radical (unpaired) electrons. The number of hydrogen-bond acceptors (Lipinski definition) is 2. The van der Waals surface area contributed by atoms with Gasteiger partial charge in [-0.15, -0.1) is 0 Å². The molecule has 2 N–H and O–H groups in total. The Balaban J connectivity index is 1.80. The molecule has 1 aromatic heterocycles. The van der Waals surface area contributed by atoms with Crippen molar-refractivity contribution in [3.8, 4) is 17.2 Å². The summed E-state index contributed by atoms with van der Waals surface area (Å²) in [5.41, 5.74) is 11.8. The highest BCUT2D eigenvalue weighted by atomic mass is 16.1. The van der Waals surface area contributed by atoms with Gasteiger partial charge < -0.3 is 10.3 Å². The molecule has 0 aliphatic rings. The Bertz CT molecular complexity index is 1490. The van der Waals surface area contributed by atoms with Crippen LogP contribution in [0.25, 0.3) is 32.9 Å². The predicted octanol–water partition coefficient (Wildman–Crippen LogP) is 5.28. The van der Waals surface area contributed by atoms with Crippen LogP contribution in [0.4, 0.5) is 0 Å². The standard InChI is InChI=1S/C27H18N3O/c28-16-18-6-4-7-19(14-18)17-30-24-11-5-10-23(27(29)31)26(24)22-13-12-21(15-25(22)30)20-8-2-1-3-9-20/h1-12,14-15H,17H2,(H2,29,31). The number of amides is 1. The van der Waals surface area contributed by atoms with E-state index in [1.54, 1.807) is 12.1 Å². The van der Waals surface area contributed by atoms with Crippen molar-refractivity contribution in [2.24, 2.45) is 5.73 Å². The minimum absolute atomic E-state index is 0.461. The van der Waals surface area contributed by atoms with Crippen molar-refractivity contribution in [2.75, 3.05) is 0 Å². The van der Waals surface area contributed by atoms with Gasteiger partial charge in [-0.1, -0.05) is 48.5 Å². The molecule has 5 rings (SSSR count). The molecule has 4 heteroatoms. The van der Waals surface area contributed by atoms with E-state index < -0.39 is 5.91 Å². The highest BCUT2D eigenvalue weighted by Crippen LogP contribution is 2.34. The van der Waals surface area contributed by atoms with Crippen LogP contribution in [-0.4, -0.2) is 10.5 Å². The summed E-state index contributed by atoms with van der Waals surface area (Å²) in [5, 5.41) is 10.9. The maximum Gasteiger partial charge on any atom is 0.249 e. The fraction of sp³-hybridized carbons (Fsp3) is 0.0370. The summed E-state index contributed by atoms with van der Waals surface area (Å²) in [7, 11) is 0. The van der Waals surface area contributed by atoms with Gasteiger partial charge in [0.05, 0.1) is 22.7 Å². The molecule has 0 atom stereocenters. The van der Waals surface area contributed by atoms with E-state index in [9.17, 15) is 10.1 Å². The summed E-state index contributed by atoms with van der Waals surface area (Å²) in [4.78, 5) is 12.2. The van der Waals surface area contributed by atoms with E-state index in [1.807, 2.05) is 54.6 Å². The number of aromatic nitrogens is 1. The zero-order valence-electron chi connectivity index (χ0n) is 16.7. The van der Waals surface area contributed by atoms with Gasteiger partial charge in [0.15, 0.2) is 0 Å². The fourth-order valence-electron chi connectivity index (χ4n) is 4.15. The Labute approximate surface area is 179 Å². The molecule has 0 aliphatic heterocycles. The number of nitrogens with zero attached hydrogens (tertiary/aromatic N) is 2. The van der Waals surface area contributed by atoms with Crippen LogP contribution < -0.4 is 5.73 Å². The molecule has 0 saturated carbocycles. The quantitative estimate of drug-likeness (QED) is 0.446. The minimum Gasteiger partial charge on any atom is -0.366 e. The lowest BCUT2D eigenvalue weighted by Gasteiger charge is -2.09. The number of fused-ring (bicyclic) bond motifs is 3. The van der Waals surface area contributed by atoms with E-state index in [2.05, 4.69) is 34.9 Å². The molecular weight excluding hydrogens is 382 g/mol. The van der Waals surface area contributed by atoms with Gasteiger partial charge in [0.1, 0.15) is 0 Å². The third-order valence-electron chi connectivity index (χ3n) is 5.56. The first-order chi connectivity index (χ1) is 15.2. The van der Waals surface area contributed by atoms with Crippen molar-refractivity contribution >= 4 is 27.7 Å². The number of benzene rings is 4. The first kappa shape index (κ1) is 18.7. The average Bonchev–Trinajstić information content (AvgIpc) is 3.12. The molecule has 0 unspecified atom stereocenters. The largest absolute Gasteiger partial charge is 0.366 e. The Morgan fingerprint density at radius 2 is 1.74 bits per heavy atom. The van der Waals surface area contributed by atoms with Crippen LogP contribution >= 0.6 is 0 Å². The van der Waals surface area contributed by atoms with E-state index in [1.165, 1.54) is 0 Å². The molecule has 1 amide bonds. The predicted molar refractivity (Wildman–Crippen MR) is 122 cm³/mol. The molecule has 0 saturated heterocycles. The molecule has 0 bridgehead atoms. The molecule has 1 heterocycles. The van der Waals surface area contributed by atoms with Crippen molar-refractivity contribution in [3.63, 3.8) is 0 Å². The Morgan fingerprint density at radius 1 is 0.935 bits per heavy atom. The van der Waals surface area contributed by atoms with Gasteiger partial charge in [-0.05, 0) is 59.2 Å². The number of carbonyl (C=O) groups excluding carboxylic acids is 1. The average molecular weight is 400 g/mol. The summed E-state index contributed by atoms with van der Waals surface area (Å²) in [5.74, 6) is -0.461. The van der Waals surface area contributed by atoms with E-state index in [0.29, 0.717) is 17.7 Å². The van der Waals surface area contributed by atoms with Crippen LogP contribution in [0.15, 0.2) is 84.9 Å². The van der Waals surface area contributed by atoms with Gasteiger partial charge in [0, 0.05) is 22.9 Å². The number of rotatable bonds is 4. The second-order valence-corrected chi connectivity index (χ2v) is 7.48. The SMILES string of the molecule is N#Cc1cccc(Cn2c3cc(-c4ccccc4)c[c]c3c3c(C(N)=O)cccc32)c1. The van der Waals surface area contributed by atoms with Crippen molar-refractivity contribution in [1.82, 2.24) is 4.57 Å². The molecule has 5 aromatic rings. The van der Waals surface area contributed by atoms with Crippen molar-refractivity contribution < 1.29 is 4.79 Å². The number of hydrogen-bond donors (Lipinski definition) is 1. The van der Waals surface area contributed by atoms with Crippen LogP contribution in [0.5, 0.6) is 0 Å². The van der Waals surface area contributed by atoms with E-state index in [0.717, 1.165) is 38.5 Å². The number of nitriles is 1. The third-order valence-corrected chi connectivity index (χ3v) is 5.56. The highest BCUT2D eigenvalue weighted by molar-refractivity contribution is 6.18. The number of carbonyl (C=O) groups is 1. The lowest BCUT2D eigenvalue weighted by atomic mass is 10.0. The fourth-order valence-corrected chi connectivity index (χ4v) is 4.15. The van der Waals surface area contributed by atoms with Gasteiger partial charge in [-0.25, -0.2) is 0 Å². The van der Waals surface area contributed by atoms with E-state index >= 15 is 0 Å². The smallest absolute Gasteiger partial charge is 0.249 e. The van der Waals surface area contributed by atoms with Gasteiger partial charge in [-0.3, -0.25) is 4.79 Å². The Hall–Kier alpha value is -4.36. The molecule has 147 valence electrons. The van der Waals surface area contributed by atoms with Gasteiger partial charge in [-0.2, -0.15) is 5.26 Å². The maximum absolute atomic E-state index is 12.2. The van der Waals surface area contributed by atoms with Gasteiger partial charge in [0.25, 0.3) is 0 Å². The van der Waals surface area contributed by atoms with Crippen LogP contribution in [-0.2, 0) is 6.54 Å². The lowest BCUT2D eigenvalue weighted by Crippen LogP contribution is -2.11. The molecule has 0 aliphatic carbocycles. The Kier molecular flexibility index (Phi) is 4.50. The van der Waals surface area contributed by atoms with Crippen LogP contribution in [0, 0.1) is 17.4 Å². The summed E-state index contributed by atoms with van der Waals surface area (Å²) in [6, 6.07) is 33.0. The second-order valence-electron chi connectivity index (χ2n) is 7.48. The molecular formula is C27H18N3O. The van der Waals surface area contributed by atoms with Crippen molar-refractivity contribution in [2.45, 2.75) is 6.54 Å². The summed E-state index contributed by atoms with van der Waals surface area (Å²) in [6.45, 7) is 0.559. The zero-order chi connectivity index (χ0) is 21.4. The van der Waals surface area contributed by atoms with Gasteiger partial charge >= 0.3 is 0 Å². The highest BCUT2D eigenvalue weighted by Gasteiger charge is 2.17. The Morgan fingerprint density at radius 3 is 2.52 bits per heavy atom. The zero-order valence-corrected chi connectivity index (χ0v) is 16.7. The minimum atomic E-state index is -0.461. The first-order valence-electron chi connectivity index (χ1n) is 9.96. The van der Waals surface area contributed by atoms with Crippen molar-refractivity contribution in [3.05, 3.63) is 108 Å². The molecule has 4 aromatic carbocycles. The van der Waals surface area contributed by atoms with Crippen LogP contribution in [0.3, 0.4) is 0 Å². The normalized spacial score (nSPS) is 10.9. The lowest BCUT2D eigenvalue weighted by molar-refractivity contribution is 0.100. The van der Waals surface area contributed by atoms with Crippen molar-refractivity contribution in [1.29, 1.82) is 5.26 Å². The monoisotopic (exact) mass is 400 g/mol. The summed E-state index contributed by atoms with van der Waals surface area (Å²) < 4.78 is 2.16. The summed E-state index contributed by atoms with van der Waals surface area (Å²) in [6.07, 6.45) is 0. The molecule has 31 heavy (non-hydrogen) atoms. The molecule has 4 nitrogen and oxygen atoms in total. The summed E-state index contributed by atoms with van der Waals surface area (Å²) >= 11 is 0. The van der Waals surface area contributed by atoms with Crippen LogP contribution in [0.1, 0.15) is 21.5 Å². The maximum atomic E-state index is 12.2. The third kappa shape index (κ3) is 3.23.